The third-order valence-electron chi connectivity index (χ3n) is 4.68. The predicted octanol–water partition coefficient (Wildman–Crippen LogP) is 5.91. The number of allylic oxidation sites excluding steroid dienone is 1. The van der Waals surface area contributed by atoms with Crippen molar-refractivity contribution in [3.05, 3.63) is 63.0 Å². The van der Waals surface area contributed by atoms with E-state index in [2.05, 4.69) is 15.5 Å². The van der Waals surface area contributed by atoms with Gasteiger partial charge in [-0.2, -0.15) is 0 Å². The van der Waals surface area contributed by atoms with E-state index in [-0.39, 0.29) is 41.6 Å². The van der Waals surface area contributed by atoms with E-state index in [1.807, 2.05) is 26.8 Å². The normalized spacial score (nSPS) is 11.8. The standard InChI is InChI=1S/C23H28N4O6/c1-6-19(28)22(23(29)24-18-11-14(4)15(5)12-20(18)32-7-2)26-25-17-10-9-16(27(30)31)13-21(17)33-8-3/h9-13,28H,6-8H2,1-5H3,(H,24,29). The molecule has 33 heavy (non-hydrogen) atoms. The summed E-state index contributed by atoms with van der Waals surface area (Å²) in [4.78, 5) is 23.5. The molecule has 0 saturated heterocycles. The van der Waals surface area contributed by atoms with Crippen LogP contribution in [-0.4, -0.2) is 29.2 Å². The number of hydrogen-bond acceptors (Lipinski definition) is 8. The average molecular weight is 456 g/mol. The van der Waals surface area contributed by atoms with Crippen LogP contribution in [0.1, 0.15) is 38.3 Å². The van der Waals surface area contributed by atoms with Crippen LogP contribution in [0.5, 0.6) is 11.5 Å². The zero-order chi connectivity index (χ0) is 24.5. The van der Waals surface area contributed by atoms with Crippen molar-refractivity contribution in [1.82, 2.24) is 0 Å². The Bertz CT molecular complexity index is 1090. The van der Waals surface area contributed by atoms with Gasteiger partial charge in [-0.05, 0) is 57.0 Å². The molecule has 0 heterocycles. The van der Waals surface area contributed by atoms with Crippen LogP contribution in [0.4, 0.5) is 17.1 Å². The number of ether oxygens (including phenoxy) is 2. The minimum absolute atomic E-state index is 0.138. The molecular formula is C23H28N4O6. The van der Waals surface area contributed by atoms with Gasteiger partial charge in [0.25, 0.3) is 11.6 Å². The number of azo groups is 1. The van der Waals surface area contributed by atoms with Crippen LogP contribution in [0.15, 0.2) is 52.0 Å². The molecular weight excluding hydrogens is 428 g/mol. The van der Waals surface area contributed by atoms with Crippen molar-refractivity contribution in [2.75, 3.05) is 18.5 Å². The number of aliphatic hydroxyl groups excluding tert-OH is 1. The van der Waals surface area contributed by atoms with Gasteiger partial charge in [0.2, 0.25) is 0 Å². The largest absolute Gasteiger partial charge is 0.510 e. The number of nitro benzene ring substituents is 1. The average Bonchev–Trinajstić information content (AvgIpc) is 2.78. The third kappa shape index (κ3) is 6.52. The Hall–Kier alpha value is -3.95. The monoisotopic (exact) mass is 456 g/mol. The maximum atomic E-state index is 13.0. The molecule has 2 aromatic rings. The minimum atomic E-state index is -0.679. The molecule has 10 heteroatoms. The lowest BCUT2D eigenvalue weighted by atomic mass is 10.1. The molecule has 0 aromatic heterocycles. The highest BCUT2D eigenvalue weighted by Crippen LogP contribution is 2.33. The Morgan fingerprint density at radius 1 is 1.06 bits per heavy atom. The van der Waals surface area contributed by atoms with Gasteiger partial charge in [-0.25, -0.2) is 0 Å². The Labute approximate surface area is 192 Å². The van der Waals surface area contributed by atoms with Gasteiger partial charge in [0.05, 0.1) is 29.9 Å². The van der Waals surface area contributed by atoms with Gasteiger partial charge in [0.15, 0.2) is 11.4 Å². The van der Waals surface area contributed by atoms with Crippen LogP contribution < -0.4 is 14.8 Å². The molecule has 2 N–H and O–H groups in total. The molecule has 0 spiro atoms. The second kappa shape index (κ2) is 11.6. The second-order valence-electron chi connectivity index (χ2n) is 7.01. The summed E-state index contributed by atoms with van der Waals surface area (Å²) < 4.78 is 11.0. The number of nitrogens with zero attached hydrogens (tertiary/aromatic N) is 3. The fourth-order valence-electron chi connectivity index (χ4n) is 2.82. The first-order valence-corrected chi connectivity index (χ1v) is 10.5. The number of carbonyl (C=O) groups excluding carboxylic acids is 1. The highest BCUT2D eigenvalue weighted by Gasteiger charge is 2.19. The molecule has 0 aliphatic carbocycles. The van der Waals surface area contributed by atoms with Crippen molar-refractivity contribution >= 4 is 23.0 Å². The summed E-state index contributed by atoms with van der Waals surface area (Å²) >= 11 is 0. The summed E-state index contributed by atoms with van der Waals surface area (Å²) in [5.74, 6) is -0.311. The lowest BCUT2D eigenvalue weighted by Gasteiger charge is -2.14. The van der Waals surface area contributed by atoms with Gasteiger partial charge in [-0.1, -0.05) is 6.92 Å². The smallest absolute Gasteiger partial charge is 0.279 e. The lowest BCUT2D eigenvalue weighted by molar-refractivity contribution is -0.384. The molecule has 0 atom stereocenters. The highest BCUT2D eigenvalue weighted by atomic mass is 16.6. The van der Waals surface area contributed by atoms with Gasteiger partial charge < -0.3 is 19.9 Å². The summed E-state index contributed by atoms with van der Waals surface area (Å²) in [5.41, 5.74) is 2.11. The number of nitrogens with one attached hydrogen (secondary N) is 1. The molecule has 10 nitrogen and oxygen atoms in total. The van der Waals surface area contributed by atoms with E-state index in [4.69, 9.17) is 9.47 Å². The molecule has 0 bridgehead atoms. The van der Waals surface area contributed by atoms with E-state index < -0.39 is 10.8 Å². The van der Waals surface area contributed by atoms with E-state index >= 15 is 0 Å². The van der Waals surface area contributed by atoms with Gasteiger partial charge in [0.1, 0.15) is 17.2 Å². The SMILES string of the molecule is CCOc1cc([N+](=O)[O-])ccc1N=NC(C(=O)Nc1cc(C)c(C)cc1OCC)=C(O)CC. The molecule has 2 aromatic carbocycles. The molecule has 0 saturated carbocycles. The molecule has 0 unspecified atom stereocenters. The molecule has 0 radical (unpaired) electrons. The topological polar surface area (TPSA) is 136 Å². The number of nitro groups is 1. The number of benzene rings is 2. The first-order chi connectivity index (χ1) is 15.7. The quantitative estimate of drug-likeness (QED) is 0.150. The van der Waals surface area contributed by atoms with E-state index in [1.165, 1.54) is 18.2 Å². The van der Waals surface area contributed by atoms with Crippen LogP contribution in [0, 0.1) is 24.0 Å². The Balaban J connectivity index is 2.41. The molecule has 0 fully saturated rings. The first kappa shape index (κ1) is 25.3. The maximum absolute atomic E-state index is 13.0. The zero-order valence-electron chi connectivity index (χ0n) is 19.3. The Morgan fingerprint density at radius 2 is 1.70 bits per heavy atom. The van der Waals surface area contributed by atoms with Gasteiger partial charge in [-0.15, -0.1) is 10.2 Å². The van der Waals surface area contributed by atoms with E-state index in [0.717, 1.165) is 11.1 Å². The molecule has 2 rings (SSSR count). The summed E-state index contributed by atoms with van der Waals surface area (Å²) in [6.07, 6.45) is 0.144. The highest BCUT2D eigenvalue weighted by molar-refractivity contribution is 6.04. The summed E-state index contributed by atoms with van der Waals surface area (Å²) in [6.45, 7) is 9.73. The van der Waals surface area contributed by atoms with Gasteiger partial charge >= 0.3 is 0 Å². The van der Waals surface area contributed by atoms with Crippen LogP contribution in [0.2, 0.25) is 0 Å². The number of carbonyl (C=O) groups is 1. The summed E-state index contributed by atoms with van der Waals surface area (Å²) in [7, 11) is 0. The second-order valence-corrected chi connectivity index (χ2v) is 7.01. The van der Waals surface area contributed by atoms with Crippen molar-refractivity contribution in [3.8, 4) is 11.5 Å². The number of rotatable bonds is 10. The van der Waals surface area contributed by atoms with Gasteiger partial charge in [-0.3, -0.25) is 14.9 Å². The lowest BCUT2D eigenvalue weighted by Crippen LogP contribution is -2.16. The Kier molecular flexibility index (Phi) is 8.90. The molecule has 0 aliphatic rings. The van der Waals surface area contributed by atoms with Crippen molar-refractivity contribution in [2.24, 2.45) is 10.2 Å². The van der Waals surface area contributed by atoms with E-state index in [1.54, 1.807) is 19.9 Å². The predicted molar refractivity (Wildman–Crippen MR) is 124 cm³/mol. The zero-order valence-corrected chi connectivity index (χ0v) is 19.3. The summed E-state index contributed by atoms with van der Waals surface area (Å²) in [5, 5.41) is 32.0. The van der Waals surface area contributed by atoms with Crippen molar-refractivity contribution in [1.29, 1.82) is 0 Å². The van der Waals surface area contributed by atoms with Gasteiger partial charge in [0, 0.05) is 12.5 Å². The molecule has 1 amide bonds. The number of non-ortho nitro benzene ring substituents is 1. The maximum Gasteiger partial charge on any atom is 0.279 e. The molecule has 0 aliphatic heterocycles. The van der Waals surface area contributed by atoms with Crippen LogP contribution >= 0.6 is 0 Å². The third-order valence-corrected chi connectivity index (χ3v) is 4.68. The first-order valence-electron chi connectivity index (χ1n) is 10.5. The van der Waals surface area contributed by atoms with Crippen molar-refractivity contribution in [3.63, 3.8) is 0 Å². The number of amides is 1. The fourth-order valence-corrected chi connectivity index (χ4v) is 2.82. The van der Waals surface area contributed by atoms with E-state index in [9.17, 15) is 20.0 Å². The number of aryl methyl sites for hydroxylation is 2. The van der Waals surface area contributed by atoms with Crippen molar-refractivity contribution in [2.45, 2.75) is 41.0 Å². The molecule has 176 valence electrons. The number of anilines is 1. The number of hydrogen-bond donors (Lipinski definition) is 2. The minimum Gasteiger partial charge on any atom is -0.510 e. The number of aliphatic hydroxyl groups is 1. The Morgan fingerprint density at radius 3 is 2.30 bits per heavy atom. The fraction of sp³-hybridized carbons (Fsp3) is 0.348. The van der Waals surface area contributed by atoms with Crippen LogP contribution in [-0.2, 0) is 4.79 Å². The van der Waals surface area contributed by atoms with Crippen LogP contribution in [0.25, 0.3) is 0 Å². The summed E-state index contributed by atoms with van der Waals surface area (Å²) in [6, 6.07) is 7.44. The van der Waals surface area contributed by atoms with Crippen LogP contribution in [0.3, 0.4) is 0 Å². The van der Waals surface area contributed by atoms with E-state index in [0.29, 0.717) is 18.0 Å². The van der Waals surface area contributed by atoms with Crippen molar-refractivity contribution < 1.29 is 24.3 Å².